The van der Waals surface area contributed by atoms with E-state index < -0.39 is 17.7 Å². The van der Waals surface area contributed by atoms with Gasteiger partial charge < -0.3 is 15.3 Å². The van der Waals surface area contributed by atoms with E-state index in [2.05, 4.69) is 19.2 Å². The maximum absolute atomic E-state index is 13.6. The molecule has 0 radical (unpaired) electrons. The SMILES string of the molecule is CC(C)C(CN(C)C)NCC(O)c1c(F)cccc1F. The van der Waals surface area contributed by atoms with Crippen LogP contribution in [0, 0.1) is 17.6 Å². The predicted molar refractivity (Wildman–Crippen MR) is 76.5 cm³/mol. The second-order valence-electron chi connectivity index (χ2n) is 5.67. The van der Waals surface area contributed by atoms with E-state index in [-0.39, 0.29) is 18.2 Å². The molecule has 5 heteroatoms. The monoisotopic (exact) mass is 286 g/mol. The molecule has 0 saturated heterocycles. The van der Waals surface area contributed by atoms with Crippen molar-refractivity contribution in [2.24, 2.45) is 5.92 Å². The number of hydrogen-bond acceptors (Lipinski definition) is 3. The van der Waals surface area contributed by atoms with Crippen LogP contribution in [0.5, 0.6) is 0 Å². The van der Waals surface area contributed by atoms with Crippen LogP contribution in [-0.2, 0) is 0 Å². The number of likely N-dealkylation sites (N-methyl/N-ethyl adjacent to an activating group) is 1. The van der Waals surface area contributed by atoms with E-state index in [0.717, 1.165) is 18.7 Å². The maximum atomic E-state index is 13.6. The number of rotatable bonds is 7. The second-order valence-corrected chi connectivity index (χ2v) is 5.67. The fraction of sp³-hybridized carbons (Fsp3) is 0.600. The van der Waals surface area contributed by atoms with Gasteiger partial charge in [0.05, 0.1) is 11.7 Å². The quantitative estimate of drug-likeness (QED) is 0.806. The summed E-state index contributed by atoms with van der Waals surface area (Å²) in [7, 11) is 3.92. The lowest BCUT2D eigenvalue weighted by Crippen LogP contribution is -2.43. The summed E-state index contributed by atoms with van der Waals surface area (Å²) in [5, 5.41) is 13.2. The summed E-state index contributed by atoms with van der Waals surface area (Å²) in [6.07, 6.45) is -1.19. The third kappa shape index (κ3) is 4.81. The number of aliphatic hydroxyl groups is 1. The van der Waals surface area contributed by atoms with Gasteiger partial charge in [-0.1, -0.05) is 19.9 Å². The smallest absolute Gasteiger partial charge is 0.131 e. The van der Waals surface area contributed by atoms with Crippen LogP contribution in [0.3, 0.4) is 0 Å². The molecule has 2 unspecified atom stereocenters. The van der Waals surface area contributed by atoms with Crippen molar-refractivity contribution in [3.8, 4) is 0 Å². The zero-order valence-corrected chi connectivity index (χ0v) is 12.5. The minimum atomic E-state index is -1.19. The molecular formula is C15H24F2N2O. The van der Waals surface area contributed by atoms with Gasteiger partial charge >= 0.3 is 0 Å². The van der Waals surface area contributed by atoms with E-state index in [0.29, 0.717) is 5.92 Å². The van der Waals surface area contributed by atoms with Gasteiger partial charge in [0.25, 0.3) is 0 Å². The summed E-state index contributed by atoms with van der Waals surface area (Å²) in [6, 6.07) is 3.74. The predicted octanol–water partition coefficient (Wildman–Crippen LogP) is 2.17. The Morgan fingerprint density at radius 1 is 1.20 bits per heavy atom. The molecule has 0 fully saturated rings. The Hall–Kier alpha value is -1.04. The summed E-state index contributed by atoms with van der Waals surface area (Å²) >= 11 is 0. The molecule has 1 aromatic rings. The molecule has 0 bridgehead atoms. The normalized spacial score (nSPS) is 14.8. The van der Waals surface area contributed by atoms with Crippen molar-refractivity contribution in [3.05, 3.63) is 35.4 Å². The van der Waals surface area contributed by atoms with Crippen LogP contribution >= 0.6 is 0 Å². The zero-order chi connectivity index (χ0) is 15.3. The maximum Gasteiger partial charge on any atom is 0.131 e. The molecule has 0 aliphatic heterocycles. The van der Waals surface area contributed by atoms with Crippen LogP contribution in [0.15, 0.2) is 18.2 Å². The molecule has 0 aromatic heterocycles. The number of nitrogens with zero attached hydrogens (tertiary/aromatic N) is 1. The number of aliphatic hydroxyl groups excluding tert-OH is 1. The van der Waals surface area contributed by atoms with Crippen LogP contribution in [0.1, 0.15) is 25.5 Å². The highest BCUT2D eigenvalue weighted by Gasteiger charge is 2.20. The molecule has 0 saturated carbocycles. The molecule has 0 heterocycles. The van der Waals surface area contributed by atoms with E-state index in [1.54, 1.807) is 0 Å². The minimum absolute atomic E-state index is 0.120. The summed E-state index contributed by atoms with van der Waals surface area (Å²) in [5.74, 6) is -1.07. The average molecular weight is 286 g/mol. The fourth-order valence-corrected chi connectivity index (χ4v) is 2.10. The summed E-state index contributed by atoms with van der Waals surface area (Å²) in [5.41, 5.74) is -0.271. The second kappa shape index (κ2) is 7.67. The van der Waals surface area contributed by atoms with E-state index in [9.17, 15) is 13.9 Å². The lowest BCUT2D eigenvalue weighted by atomic mass is 10.0. The Morgan fingerprint density at radius 2 is 1.75 bits per heavy atom. The van der Waals surface area contributed by atoms with Crippen molar-refractivity contribution in [1.29, 1.82) is 0 Å². The lowest BCUT2D eigenvalue weighted by Gasteiger charge is -2.27. The Kier molecular flexibility index (Phi) is 6.52. The third-order valence-electron chi connectivity index (χ3n) is 3.27. The Morgan fingerprint density at radius 3 is 2.20 bits per heavy atom. The Balaban J connectivity index is 2.68. The van der Waals surface area contributed by atoms with Crippen LogP contribution in [0.25, 0.3) is 0 Å². The number of benzene rings is 1. The van der Waals surface area contributed by atoms with Crippen LogP contribution < -0.4 is 5.32 Å². The van der Waals surface area contributed by atoms with Gasteiger partial charge in [-0.25, -0.2) is 8.78 Å². The highest BCUT2D eigenvalue weighted by Crippen LogP contribution is 2.20. The molecule has 1 aromatic carbocycles. The molecule has 0 amide bonds. The van der Waals surface area contributed by atoms with Crippen molar-refractivity contribution >= 4 is 0 Å². The molecule has 2 N–H and O–H groups in total. The molecular weight excluding hydrogens is 262 g/mol. The molecule has 114 valence electrons. The van der Waals surface area contributed by atoms with Crippen molar-refractivity contribution in [2.75, 3.05) is 27.2 Å². The van der Waals surface area contributed by atoms with Gasteiger partial charge in [-0.2, -0.15) is 0 Å². The summed E-state index contributed by atoms with van der Waals surface area (Å²) < 4.78 is 27.1. The molecule has 2 atom stereocenters. The minimum Gasteiger partial charge on any atom is -0.387 e. The van der Waals surface area contributed by atoms with Gasteiger partial charge in [0.2, 0.25) is 0 Å². The first-order valence-corrected chi connectivity index (χ1v) is 6.83. The van der Waals surface area contributed by atoms with Crippen LogP contribution in [0.2, 0.25) is 0 Å². The highest BCUT2D eigenvalue weighted by molar-refractivity contribution is 5.22. The Bertz CT molecular complexity index is 404. The van der Waals surface area contributed by atoms with E-state index in [4.69, 9.17) is 0 Å². The third-order valence-corrected chi connectivity index (χ3v) is 3.27. The highest BCUT2D eigenvalue weighted by atomic mass is 19.1. The summed E-state index contributed by atoms with van der Waals surface area (Å²) in [4.78, 5) is 2.04. The Labute approximate surface area is 119 Å². The van der Waals surface area contributed by atoms with Crippen LogP contribution in [0.4, 0.5) is 8.78 Å². The molecule has 0 aliphatic rings. The number of nitrogens with one attached hydrogen (secondary N) is 1. The molecule has 0 aliphatic carbocycles. The van der Waals surface area contributed by atoms with Gasteiger partial charge in [0, 0.05) is 19.1 Å². The topological polar surface area (TPSA) is 35.5 Å². The van der Waals surface area contributed by atoms with E-state index >= 15 is 0 Å². The fourth-order valence-electron chi connectivity index (χ4n) is 2.10. The number of hydrogen-bond donors (Lipinski definition) is 2. The largest absolute Gasteiger partial charge is 0.387 e. The van der Waals surface area contributed by atoms with Gasteiger partial charge in [0.15, 0.2) is 0 Å². The standard InChI is InChI=1S/C15H24F2N2O/c1-10(2)13(9-19(3)4)18-8-14(20)15-11(16)6-5-7-12(15)17/h5-7,10,13-14,18,20H,8-9H2,1-4H3. The molecule has 1 rings (SSSR count). The van der Waals surface area contributed by atoms with Gasteiger partial charge in [-0.3, -0.25) is 0 Å². The van der Waals surface area contributed by atoms with Gasteiger partial charge in [-0.15, -0.1) is 0 Å². The first kappa shape index (κ1) is 17.0. The van der Waals surface area contributed by atoms with Gasteiger partial charge in [-0.05, 0) is 32.1 Å². The molecule has 20 heavy (non-hydrogen) atoms. The van der Waals surface area contributed by atoms with Crippen molar-refractivity contribution in [2.45, 2.75) is 26.0 Å². The first-order chi connectivity index (χ1) is 9.32. The molecule has 3 nitrogen and oxygen atoms in total. The zero-order valence-electron chi connectivity index (χ0n) is 12.5. The first-order valence-electron chi connectivity index (χ1n) is 6.83. The average Bonchev–Trinajstić information content (AvgIpc) is 2.33. The van der Waals surface area contributed by atoms with Crippen molar-refractivity contribution in [3.63, 3.8) is 0 Å². The van der Waals surface area contributed by atoms with Crippen molar-refractivity contribution in [1.82, 2.24) is 10.2 Å². The van der Waals surface area contributed by atoms with E-state index in [1.165, 1.54) is 6.07 Å². The lowest BCUT2D eigenvalue weighted by molar-refractivity contribution is 0.152. The van der Waals surface area contributed by atoms with Crippen molar-refractivity contribution < 1.29 is 13.9 Å². The van der Waals surface area contributed by atoms with Crippen LogP contribution in [-0.4, -0.2) is 43.2 Å². The number of halogens is 2. The van der Waals surface area contributed by atoms with E-state index in [1.807, 2.05) is 19.0 Å². The molecule has 0 spiro atoms. The summed E-state index contributed by atoms with van der Waals surface area (Å²) in [6.45, 7) is 5.05. The van der Waals surface area contributed by atoms with Gasteiger partial charge in [0.1, 0.15) is 11.6 Å².